The predicted molar refractivity (Wildman–Crippen MR) is 97.4 cm³/mol. The molecule has 144 valence electrons. The molecule has 26 heavy (non-hydrogen) atoms. The van der Waals surface area contributed by atoms with Gasteiger partial charge in [-0.2, -0.15) is 0 Å². The van der Waals surface area contributed by atoms with Crippen molar-refractivity contribution in [3.05, 3.63) is 35.6 Å². The Morgan fingerprint density at radius 1 is 1.31 bits per heavy atom. The Morgan fingerprint density at radius 3 is 2.69 bits per heavy atom. The highest BCUT2D eigenvalue weighted by molar-refractivity contribution is 5.69. The van der Waals surface area contributed by atoms with Gasteiger partial charge in [0, 0.05) is 12.1 Å². The molecule has 0 bridgehead atoms. The van der Waals surface area contributed by atoms with Crippen LogP contribution in [0.1, 0.15) is 50.5 Å². The third-order valence-electron chi connectivity index (χ3n) is 5.82. The zero-order chi connectivity index (χ0) is 18.7. The maximum absolute atomic E-state index is 13.4. The van der Waals surface area contributed by atoms with Crippen LogP contribution in [-0.2, 0) is 9.47 Å². The molecule has 2 fully saturated rings. The zero-order valence-electron chi connectivity index (χ0n) is 15.6. The van der Waals surface area contributed by atoms with Gasteiger partial charge in [0.05, 0.1) is 25.9 Å². The molecule has 2 N–H and O–H groups in total. The molecule has 0 aromatic heterocycles. The molecule has 1 aliphatic carbocycles. The van der Waals surface area contributed by atoms with E-state index < -0.39 is 0 Å². The molecule has 0 spiro atoms. The molecule has 1 saturated heterocycles. The summed E-state index contributed by atoms with van der Waals surface area (Å²) in [7, 11) is 1.39. The number of methoxy groups -OCH3 is 1. The van der Waals surface area contributed by atoms with Crippen LogP contribution in [-0.4, -0.2) is 48.9 Å². The number of hydrogen-bond donors (Lipinski definition) is 1. The molecule has 1 aliphatic heterocycles. The van der Waals surface area contributed by atoms with E-state index in [2.05, 4.69) is 0 Å². The van der Waals surface area contributed by atoms with Gasteiger partial charge in [-0.15, -0.1) is 0 Å². The summed E-state index contributed by atoms with van der Waals surface area (Å²) in [5.41, 5.74) is 7.29. The lowest BCUT2D eigenvalue weighted by Gasteiger charge is -2.32. The van der Waals surface area contributed by atoms with Gasteiger partial charge in [0.25, 0.3) is 0 Å². The summed E-state index contributed by atoms with van der Waals surface area (Å²) in [6.07, 6.45) is 4.45. The predicted octanol–water partition coefficient (Wildman–Crippen LogP) is 3.43. The lowest BCUT2D eigenvalue weighted by atomic mass is 9.82. The average Bonchev–Trinajstić information content (AvgIpc) is 2.93. The summed E-state index contributed by atoms with van der Waals surface area (Å²) < 4.78 is 24.4. The number of carbonyl (C=O) groups excluding carboxylic acids is 1. The molecule has 2 aliphatic rings. The summed E-state index contributed by atoms with van der Waals surface area (Å²) in [6.45, 7) is 2.43. The highest BCUT2D eigenvalue weighted by Crippen LogP contribution is 2.35. The van der Waals surface area contributed by atoms with Crippen LogP contribution in [0.2, 0.25) is 0 Å². The number of carbonyl (C=O) groups is 1. The van der Waals surface area contributed by atoms with Gasteiger partial charge >= 0.3 is 6.09 Å². The van der Waals surface area contributed by atoms with Crippen LogP contribution in [0.3, 0.4) is 0 Å². The minimum Gasteiger partial charge on any atom is -0.453 e. The van der Waals surface area contributed by atoms with Crippen molar-refractivity contribution in [1.29, 1.82) is 0 Å². The number of halogens is 1. The third kappa shape index (κ3) is 4.18. The fraction of sp³-hybridized carbons (Fsp3) is 0.650. The molecule has 5 nitrogen and oxygen atoms in total. The first-order chi connectivity index (χ1) is 12.5. The summed E-state index contributed by atoms with van der Waals surface area (Å²) in [5.74, 6) is 0.221. The molecular weight excluding hydrogens is 335 g/mol. The highest BCUT2D eigenvalue weighted by atomic mass is 19.1. The average molecular weight is 364 g/mol. The van der Waals surface area contributed by atoms with E-state index in [9.17, 15) is 9.18 Å². The zero-order valence-corrected chi connectivity index (χ0v) is 15.6. The van der Waals surface area contributed by atoms with Crippen molar-refractivity contribution in [2.24, 2.45) is 5.73 Å². The van der Waals surface area contributed by atoms with E-state index in [0.29, 0.717) is 12.5 Å². The molecule has 1 aromatic carbocycles. The molecule has 1 amide bonds. The first-order valence-electron chi connectivity index (χ1n) is 9.48. The van der Waals surface area contributed by atoms with Crippen LogP contribution in [0.5, 0.6) is 0 Å². The van der Waals surface area contributed by atoms with Crippen molar-refractivity contribution in [2.45, 2.75) is 69.2 Å². The van der Waals surface area contributed by atoms with Gasteiger partial charge in [0.2, 0.25) is 0 Å². The number of nitrogens with zero attached hydrogens (tertiary/aromatic N) is 1. The topological polar surface area (TPSA) is 64.8 Å². The Hall–Kier alpha value is -1.66. The van der Waals surface area contributed by atoms with E-state index in [4.69, 9.17) is 15.2 Å². The Bertz CT molecular complexity index is 619. The number of nitrogens with two attached hydrogens (primary N) is 1. The second-order valence-electron chi connectivity index (χ2n) is 7.56. The Kier molecular flexibility index (Phi) is 6.14. The van der Waals surface area contributed by atoms with Crippen LogP contribution in [0.15, 0.2) is 24.3 Å². The number of amides is 1. The molecule has 1 heterocycles. The molecule has 3 unspecified atom stereocenters. The molecule has 6 heteroatoms. The van der Waals surface area contributed by atoms with Crippen molar-refractivity contribution < 1.29 is 18.7 Å². The van der Waals surface area contributed by atoms with Crippen LogP contribution < -0.4 is 5.73 Å². The van der Waals surface area contributed by atoms with Crippen molar-refractivity contribution in [2.75, 3.05) is 13.7 Å². The van der Waals surface area contributed by atoms with Crippen molar-refractivity contribution >= 4 is 6.09 Å². The fourth-order valence-corrected chi connectivity index (χ4v) is 4.38. The maximum Gasteiger partial charge on any atom is 0.410 e. The molecule has 1 aromatic rings. The number of ether oxygens (including phenoxy) is 2. The van der Waals surface area contributed by atoms with E-state index >= 15 is 0 Å². The lowest BCUT2D eigenvalue weighted by molar-refractivity contribution is -0.00790. The van der Waals surface area contributed by atoms with Crippen LogP contribution in [0.25, 0.3) is 0 Å². The summed E-state index contributed by atoms with van der Waals surface area (Å²) in [6, 6.07) is 6.73. The van der Waals surface area contributed by atoms with Crippen LogP contribution >= 0.6 is 0 Å². The SMILES string of the molecule is COC(=O)N1C(C)CC(N)C1COC1CCC(c2cccc(F)c2)CC1. The van der Waals surface area contributed by atoms with Gasteiger partial charge in [-0.25, -0.2) is 9.18 Å². The van der Waals surface area contributed by atoms with E-state index in [-0.39, 0.29) is 36.1 Å². The molecule has 3 atom stereocenters. The van der Waals surface area contributed by atoms with Gasteiger partial charge in [-0.3, -0.25) is 4.90 Å². The van der Waals surface area contributed by atoms with Crippen LogP contribution in [0, 0.1) is 5.82 Å². The quantitative estimate of drug-likeness (QED) is 0.889. The second-order valence-corrected chi connectivity index (χ2v) is 7.56. The summed E-state index contributed by atoms with van der Waals surface area (Å²) in [5, 5.41) is 0. The molecule has 3 rings (SSSR count). The number of hydrogen-bond acceptors (Lipinski definition) is 4. The summed E-state index contributed by atoms with van der Waals surface area (Å²) in [4.78, 5) is 13.7. The van der Waals surface area contributed by atoms with Gasteiger partial charge in [-0.05, 0) is 62.6 Å². The molecule has 0 radical (unpaired) electrons. The molecule has 1 saturated carbocycles. The Balaban J connectivity index is 1.51. The van der Waals surface area contributed by atoms with E-state index in [1.807, 2.05) is 13.0 Å². The van der Waals surface area contributed by atoms with Gasteiger partial charge in [-0.1, -0.05) is 12.1 Å². The van der Waals surface area contributed by atoms with Gasteiger partial charge in [0.15, 0.2) is 0 Å². The normalized spacial score (nSPS) is 31.8. The standard InChI is InChI=1S/C20H29FN2O3/c1-13-10-18(22)19(23(13)20(24)25-2)12-26-17-8-6-14(7-9-17)15-4-3-5-16(21)11-15/h3-5,11,13-14,17-19H,6-10,12,22H2,1-2H3. The first kappa shape index (κ1) is 19.1. The Morgan fingerprint density at radius 2 is 2.04 bits per heavy atom. The minimum atomic E-state index is -0.339. The first-order valence-corrected chi connectivity index (χ1v) is 9.48. The smallest absolute Gasteiger partial charge is 0.410 e. The maximum atomic E-state index is 13.4. The van der Waals surface area contributed by atoms with E-state index in [1.54, 1.807) is 17.0 Å². The Labute approximate surface area is 154 Å². The highest BCUT2D eigenvalue weighted by Gasteiger charge is 2.41. The number of likely N-dealkylation sites (tertiary alicyclic amines) is 1. The second kappa shape index (κ2) is 8.35. The van der Waals surface area contributed by atoms with Crippen molar-refractivity contribution in [3.63, 3.8) is 0 Å². The van der Waals surface area contributed by atoms with Crippen molar-refractivity contribution in [1.82, 2.24) is 4.90 Å². The van der Waals surface area contributed by atoms with Gasteiger partial charge < -0.3 is 15.2 Å². The lowest BCUT2D eigenvalue weighted by Crippen LogP contribution is -2.47. The fourth-order valence-electron chi connectivity index (χ4n) is 4.38. The van der Waals surface area contributed by atoms with E-state index in [0.717, 1.165) is 37.7 Å². The van der Waals surface area contributed by atoms with E-state index in [1.165, 1.54) is 13.2 Å². The van der Waals surface area contributed by atoms with Crippen LogP contribution in [0.4, 0.5) is 9.18 Å². The van der Waals surface area contributed by atoms with Crippen molar-refractivity contribution in [3.8, 4) is 0 Å². The monoisotopic (exact) mass is 364 g/mol. The largest absolute Gasteiger partial charge is 0.453 e. The van der Waals surface area contributed by atoms with Gasteiger partial charge in [0.1, 0.15) is 5.82 Å². The minimum absolute atomic E-state index is 0.0646. The number of benzene rings is 1. The third-order valence-corrected chi connectivity index (χ3v) is 5.82. The molecular formula is C20H29FN2O3. The number of rotatable bonds is 4. The summed E-state index contributed by atoms with van der Waals surface area (Å²) >= 11 is 0.